The van der Waals surface area contributed by atoms with E-state index in [2.05, 4.69) is 5.32 Å². The number of para-hydroxylation sites is 1. The average molecular weight is 340 g/mol. The molecule has 0 saturated carbocycles. The number of anilines is 1. The Morgan fingerprint density at radius 3 is 2.72 bits per heavy atom. The lowest BCUT2D eigenvalue weighted by Gasteiger charge is -2.31. The van der Waals surface area contributed by atoms with Crippen molar-refractivity contribution in [2.75, 3.05) is 11.9 Å². The van der Waals surface area contributed by atoms with E-state index in [0.29, 0.717) is 16.8 Å². The fraction of sp³-hybridized carbons (Fsp3) is 0.158. The summed E-state index contributed by atoms with van der Waals surface area (Å²) in [7, 11) is 0. The largest absolute Gasteiger partial charge is 0.323 e. The van der Waals surface area contributed by atoms with Crippen LogP contribution in [0.25, 0.3) is 5.57 Å². The van der Waals surface area contributed by atoms with Crippen molar-refractivity contribution < 1.29 is 18.4 Å². The molecule has 0 aromatic heterocycles. The predicted molar refractivity (Wildman–Crippen MR) is 88.5 cm³/mol. The Morgan fingerprint density at radius 1 is 1.20 bits per heavy atom. The molecule has 0 bridgehead atoms. The highest BCUT2D eigenvalue weighted by molar-refractivity contribution is 6.11. The molecule has 2 aliphatic heterocycles. The molecule has 1 atom stereocenters. The summed E-state index contributed by atoms with van der Waals surface area (Å²) < 4.78 is 27.8. The maximum atomic E-state index is 14.2. The first-order valence-electron chi connectivity index (χ1n) is 7.80. The van der Waals surface area contributed by atoms with Crippen molar-refractivity contribution in [2.45, 2.75) is 12.5 Å². The summed E-state index contributed by atoms with van der Waals surface area (Å²) in [6.07, 6.45) is 1.56. The summed E-state index contributed by atoms with van der Waals surface area (Å²) in [5.41, 5.74) is 0.355. The van der Waals surface area contributed by atoms with Crippen LogP contribution in [0.4, 0.5) is 14.5 Å². The summed E-state index contributed by atoms with van der Waals surface area (Å²) in [6, 6.07) is 10.2. The van der Waals surface area contributed by atoms with Gasteiger partial charge in [-0.3, -0.25) is 9.59 Å². The topological polar surface area (TPSA) is 49.4 Å². The van der Waals surface area contributed by atoms with Crippen LogP contribution in [0.2, 0.25) is 0 Å². The van der Waals surface area contributed by atoms with Crippen LogP contribution < -0.4 is 5.32 Å². The normalized spacial score (nSPS) is 21.3. The third-order valence-electron chi connectivity index (χ3n) is 4.72. The van der Waals surface area contributed by atoms with Gasteiger partial charge in [0.2, 0.25) is 5.91 Å². The number of halogens is 2. The third kappa shape index (κ3) is 2.10. The van der Waals surface area contributed by atoms with E-state index in [1.165, 1.54) is 11.8 Å². The summed E-state index contributed by atoms with van der Waals surface area (Å²) >= 11 is 0. The fourth-order valence-corrected chi connectivity index (χ4v) is 3.61. The number of carbonyl (C=O) groups is 2. The van der Waals surface area contributed by atoms with Gasteiger partial charge in [-0.1, -0.05) is 18.2 Å². The number of amides is 2. The maximum absolute atomic E-state index is 14.2. The van der Waals surface area contributed by atoms with Crippen molar-refractivity contribution in [3.8, 4) is 0 Å². The number of hydrogen-bond acceptors (Lipinski definition) is 2. The lowest BCUT2D eigenvalue weighted by atomic mass is 9.90. The molecule has 1 N–H and O–H groups in total. The summed E-state index contributed by atoms with van der Waals surface area (Å²) in [5, 5.41) is 2.77. The van der Waals surface area contributed by atoms with Crippen molar-refractivity contribution in [3.05, 3.63) is 71.3 Å². The van der Waals surface area contributed by atoms with Crippen molar-refractivity contribution in [2.24, 2.45) is 0 Å². The van der Waals surface area contributed by atoms with Crippen molar-refractivity contribution in [3.63, 3.8) is 0 Å². The highest BCUT2D eigenvalue weighted by atomic mass is 19.1. The standard InChI is InChI=1S/C19H14F2N2O2/c1-11(24)23-10-12(14-8-13(20)6-7-16(14)21)9-19(23)15-4-2-3-5-17(15)22-18(19)25/h2-9H,10H2,1H3,(H,22,25). The van der Waals surface area contributed by atoms with Gasteiger partial charge in [-0.25, -0.2) is 8.78 Å². The van der Waals surface area contributed by atoms with E-state index in [4.69, 9.17) is 0 Å². The molecule has 0 aliphatic carbocycles. The second-order valence-electron chi connectivity index (χ2n) is 6.16. The molecule has 0 radical (unpaired) electrons. The van der Waals surface area contributed by atoms with Gasteiger partial charge in [0.25, 0.3) is 5.91 Å². The quantitative estimate of drug-likeness (QED) is 0.867. The van der Waals surface area contributed by atoms with Crippen LogP contribution in [0, 0.1) is 11.6 Å². The smallest absolute Gasteiger partial charge is 0.259 e. The minimum absolute atomic E-state index is 0.0253. The minimum Gasteiger partial charge on any atom is -0.323 e. The molecule has 25 heavy (non-hydrogen) atoms. The molecular weight excluding hydrogens is 326 g/mol. The molecule has 2 amide bonds. The van der Waals surface area contributed by atoms with Gasteiger partial charge >= 0.3 is 0 Å². The Hall–Kier alpha value is -3.02. The van der Waals surface area contributed by atoms with E-state index < -0.39 is 17.2 Å². The average Bonchev–Trinajstić information content (AvgIpc) is 3.11. The number of rotatable bonds is 1. The van der Waals surface area contributed by atoms with Crippen molar-refractivity contribution in [1.82, 2.24) is 4.90 Å². The minimum atomic E-state index is -1.34. The first-order chi connectivity index (χ1) is 11.9. The summed E-state index contributed by atoms with van der Waals surface area (Å²) in [6.45, 7) is 1.38. The second-order valence-corrected chi connectivity index (χ2v) is 6.16. The van der Waals surface area contributed by atoms with Crippen LogP contribution in [0.5, 0.6) is 0 Å². The van der Waals surface area contributed by atoms with Gasteiger partial charge in [0, 0.05) is 30.3 Å². The molecule has 2 heterocycles. The zero-order valence-corrected chi connectivity index (χ0v) is 13.3. The number of benzene rings is 2. The molecular formula is C19H14F2N2O2. The van der Waals surface area contributed by atoms with E-state index in [9.17, 15) is 18.4 Å². The maximum Gasteiger partial charge on any atom is 0.259 e. The van der Waals surface area contributed by atoms with Crippen LogP contribution in [0.15, 0.2) is 48.5 Å². The van der Waals surface area contributed by atoms with E-state index in [1.807, 2.05) is 0 Å². The van der Waals surface area contributed by atoms with Crippen LogP contribution in [-0.4, -0.2) is 23.3 Å². The van der Waals surface area contributed by atoms with E-state index in [1.54, 1.807) is 30.3 Å². The van der Waals surface area contributed by atoms with Gasteiger partial charge in [-0.2, -0.15) is 0 Å². The first-order valence-corrected chi connectivity index (χ1v) is 7.80. The number of nitrogens with zero attached hydrogens (tertiary/aromatic N) is 1. The SMILES string of the molecule is CC(=O)N1CC(c2cc(F)ccc2F)=CC12C(=O)Nc1ccccc12. The molecule has 1 unspecified atom stereocenters. The Labute approximate surface area is 142 Å². The molecule has 0 fully saturated rings. The molecule has 6 heteroatoms. The molecule has 126 valence electrons. The molecule has 4 nitrogen and oxygen atoms in total. The zero-order chi connectivity index (χ0) is 17.8. The van der Waals surface area contributed by atoms with Crippen molar-refractivity contribution >= 4 is 23.1 Å². The lowest BCUT2D eigenvalue weighted by molar-refractivity contribution is -0.139. The molecule has 1 spiro atoms. The Balaban J connectivity index is 1.94. The van der Waals surface area contributed by atoms with Gasteiger partial charge < -0.3 is 10.2 Å². The van der Waals surface area contributed by atoms with Gasteiger partial charge in [-0.05, 0) is 35.9 Å². The summed E-state index contributed by atoms with van der Waals surface area (Å²) in [5.74, 6) is -1.88. The lowest BCUT2D eigenvalue weighted by Crippen LogP contribution is -2.49. The van der Waals surface area contributed by atoms with E-state index in [0.717, 1.165) is 18.2 Å². The highest BCUT2D eigenvalue weighted by Crippen LogP contribution is 2.47. The second kappa shape index (κ2) is 5.24. The number of fused-ring (bicyclic) bond motifs is 2. The van der Waals surface area contributed by atoms with Gasteiger partial charge in [0.05, 0.1) is 0 Å². The molecule has 0 saturated heterocycles. The number of carbonyl (C=O) groups excluding carboxylic acids is 2. The van der Waals surface area contributed by atoms with Crippen LogP contribution in [0.1, 0.15) is 18.1 Å². The summed E-state index contributed by atoms with van der Waals surface area (Å²) in [4.78, 5) is 26.4. The highest BCUT2D eigenvalue weighted by Gasteiger charge is 2.54. The van der Waals surface area contributed by atoms with Gasteiger partial charge in [0.1, 0.15) is 11.6 Å². The van der Waals surface area contributed by atoms with E-state index >= 15 is 0 Å². The predicted octanol–water partition coefficient (Wildman–Crippen LogP) is 3.06. The number of hydrogen-bond donors (Lipinski definition) is 1. The molecule has 2 aromatic rings. The van der Waals surface area contributed by atoms with Crippen molar-refractivity contribution in [1.29, 1.82) is 0 Å². The van der Waals surface area contributed by atoms with Gasteiger partial charge in [0.15, 0.2) is 5.54 Å². The zero-order valence-electron chi connectivity index (χ0n) is 13.3. The van der Waals surface area contributed by atoms with Gasteiger partial charge in [-0.15, -0.1) is 0 Å². The molecule has 2 aliphatic rings. The Kier molecular flexibility index (Phi) is 3.25. The Morgan fingerprint density at radius 2 is 1.96 bits per heavy atom. The monoisotopic (exact) mass is 340 g/mol. The molecule has 4 rings (SSSR count). The number of nitrogens with one attached hydrogen (secondary N) is 1. The van der Waals surface area contributed by atoms with Crippen LogP contribution >= 0.6 is 0 Å². The Bertz CT molecular complexity index is 954. The first kappa shape index (κ1) is 15.5. The van der Waals surface area contributed by atoms with E-state index in [-0.39, 0.29) is 23.9 Å². The molecule has 2 aromatic carbocycles. The van der Waals surface area contributed by atoms with Crippen LogP contribution in [-0.2, 0) is 15.1 Å². The third-order valence-corrected chi connectivity index (χ3v) is 4.72. The van der Waals surface area contributed by atoms with Crippen LogP contribution in [0.3, 0.4) is 0 Å². The fourth-order valence-electron chi connectivity index (χ4n) is 3.61.